The third-order valence-corrected chi connectivity index (χ3v) is 5.07. The van der Waals surface area contributed by atoms with Gasteiger partial charge in [0.25, 0.3) is 0 Å². The van der Waals surface area contributed by atoms with Crippen LogP contribution in [0.1, 0.15) is 16.8 Å². The minimum absolute atomic E-state index is 0.111. The van der Waals surface area contributed by atoms with Gasteiger partial charge in [-0.15, -0.1) is 0 Å². The van der Waals surface area contributed by atoms with Crippen molar-refractivity contribution in [2.75, 3.05) is 5.32 Å². The van der Waals surface area contributed by atoms with Crippen LogP contribution in [0.15, 0.2) is 91.1 Å². The van der Waals surface area contributed by atoms with Gasteiger partial charge < -0.3 is 10.4 Å². The van der Waals surface area contributed by atoms with E-state index in [0.717, 1.165) is 11.1 Å². The Morgan fingerprint density at radius 2 is 1.62 bits per heavy atom. The Balaban J connectivity index is 1.66. The Morgan fingerprint density at radius 3 is 2.31 bits per heavy atom. The normalized spacial score (nSPS) is 11.7. The first-order valence-electron chi connectivity index (χ1n) is 10.3. The first kappa shape index (κ1) is 21.2. The summed E-state index contributed by atoms with van der Waals surface area (Å²) in [5, 5.41) is 12.8. The standard InChI is InChI=1S/C26H22FN3O2/c27-21-13-7-10-19(14-21)16-23(26(31)32)30-25-22(15-18-8-3-1-4-9-18)29-24(17-28-25)20-11-5-2-6-12-20/h1-14,17,23H,15-16H2,(H,28,30)(H,31,32). The van der Waals surface area contributed by atoms with Crippen LogP contribution in [-0.2, 0) is 17.6 Å². The topological polar surface area (TPSA) is 75.1 Å². The number of nitrogens with one attached hydrogen (secondary N) is 1. The molecule has 0 aliphatic carbocycles. The summed E-state index contributed by atoms with van der Waals surface area (Å²) in [6.07, 6.45) is 2.23. The Labute approximate surface area is 185 Å². The van der Waals surface area contributed by atoms with E-state index in [0.29, 0.717) is 29.2 Å². The lowest BCUT2D eigenvalue weighted by Crippen LogP contribution is -2.32. The summed E-state index contributed by atoms with van der Waals surface area (Å²) in [4.78, 5) is 21.3. The number of anilines is 1. The van der Waals surface area contributed by atoms with Crippen LogP contribution >= 0.6 is 0 Å². The second-order valence-corrected chi connectivity index (χ2v) is 7.45. The van der Waals surface area contributed by atoms with Crippen molar-refractivity contribution >= 4 is 11.8 Å². The van der Waals surface area contributed by atoms with E-state index in [2.05, 4.69) is 10.3 Å². The SMILES string of the molecule is O=C(O)C(Cc1cccc(F)c1)Nc1ncc(-c2ccccc2)nc1Cc1ccccc1. The van der Waals surface area contributed by atoms with Gasteiger partial charge in [0.15, 0.2) is 0 Å². The van der Waals surface area contributed by atoms with Crippen LogP contribution in [0.25, 0.3) is 11.3 Å². The molecule has 1 heterocycles. The van der Waals surface area contributed by atoms with Crippen molar-refractivity contribution in [3.8, 4) is 11.3 Å². The molecule has 2 N–H and O–H groups in total. The lowest BCUT2D eigenvalue weighted by Gasteiger charge is -2.18. The molecule has 160 valence electrons. The van der Waals surface area contributed by atoms with Gasteiger partial charge in [0.1, 0.15) is 17.7 Å². The molecule has 0 spiro atoms. The molecule has 4 rings (SSSR count). The number of aliphatic carboxylic acids is 1. The monoisotopic (exact) mass is 427 g/mol. The molecule has 0 radical (unpaired) electrons. The van der Waals surface area contributed by atoms with E-state index >= 15 is 0 Å². The minimum atomic E-state index is -1.05. The van der Waals surface area contributed by atoms with Gasteiger partial charge in [0.05, 0.1) is 17.6 Å². The highest BCUT2D eigenvalue weighted by molar-refractivity contribution is 5.77. The van der Waals surface area contributed by atoms with Crippen LogP contribution in [0.4, 0.5) is 10.2 Å². The van der Waals surface area contributed by atoms with Crippen LogP contribution < -0.4 is 5.32 Å². The van der Waals surface area contributed by atoms with Crippen molar-refractivity contribution in [1.82, 2.24) is 9.97 Å². The van der Waals surface area contributed by atoms with Gasteiger partial charge in [0.2, 0.25) is 0 Å². The average Bonchev–Trinajstić information content (AvgIpc) is 2.81. The number of hydrogen-bond acceptors (Lipinski definition) is 4. The summed E-state index contributed by atoms with van der Waals surface area (Å²) >= 11 is 0. The fourth-order valence-corrected chi connectivity index (χ4v) is 3.47. The number of rotatable bonds is 8. The van der Waals surface area contributed by atoms with Crippen molar-refractivity contribution in [1.29, 1.82) is 0 Å². The van der Waals surface area contributed by atoms with Crippen LogP contribution in [0.3, 0.4) is 0 Å². The van der Waals surface area contributed by atoms with E-state index in [1.807, 2.05) is 60.7 Å². The Morgan fingerprint density at radius 1 is 0.938 bits per heavy atom. The molecular formula is C26H22FN3O2. The highest BCUT2D eigenvalue weighted by Gasteiger charge is 2.21. The third-order valence-electron chi connectivity index (χ3n) is 5.07. The molecule has 0 aliphatic heterocycles. The molecular weight excluding hydrogens is 405 g/mol. The minimum Gasteiger partial charge on any atom is -0.480 e. The first-order chi connectivity index (χ1) is 15.6. The van der Waals surface area contributed by atoms with E-state index < -0.39 is 17.8 Å². The summed E-state index contributed by atoms with van der Waals surface area (Å²) in [7, 11) is 0. The van der Waals surface area contributed by atoms with Gasteiger partial charge >= 0.3 is 5.97 Å². The summed E-state index contributed by atoms with van der Waals surface area (Å²) in [6.45, 7) is 0. The van der Waals surface area contributed by atoms with E-state index in [4.69, 9.17) is 4.98 Å². The lowest BCUT2D eigenvalue weighted by molar-refractivity contribution is -0.137. The van der Waals surface area contributed by atoms with Crippen LogP contribution in [-0.4, -0.2) is 27.1 Å². The maximum Gasteiger partial charge on any atom is 0.326 e. The highest BCUT2D eigenvalue weighted by Crippen LogP contribution is 2.23. The predicted molar refractivity (Wildman–Crippen MR) is 122 cm³/mol. The predicted octanol–water partition coefficient (Wildman–Crippen LogP) is 4.98. The fourth-order valence-electron chi connectivity index (χ4n) is 3.47. The molecule has 0 aliphatic rings. The zero-order chi connectivity index (χ0) is 22.3. The molecule has 32 heavy (non-hydrogen) atoms. The molecule has 0 amide bonds. The molecule has 0 fully saturated rings. The zero-order valence-corrected chi connectivity index (χ0v) is 17.3. The molecule has 3 aromatic carbocycles. The smallest absolute Gasteiger partial charge is 0.326 e. The van der Waals surface area contributed by atoms with E-state index in [9.17, 15) is 14.3 Å². The second-order valence-electron chi connectivity index (χ2n) is 7.45. The highest BCUT2D eigenvalue weighted by atomic mass is 19.1. The first-order valence-corrected chi connectivity index (χ1v) is 10.3. The van der Waals surface area contributed by atoms with Gasteiger partial charge in [-0.25, -0.2) is 19.2 Å². The Kier molecular flexibility index (Phi) is 6.51. The van der Waals surface area contributed by atoms with Gasteiger partial charge in [-0.05, 0) is 23.3 Å². The molecule has 0 saturated heterocycles. The van der Waals surface area contributed by atoms with Gasteiger partial charge in [-0.2, -0.15) is 0 Å². The number of hydrogen-bond donors (Lipinski definition) is 2. The number of aromatic nitrogens is 2. The molecule has 0 saturated carbocycles. The van der Waals surface area contributed by atoms with Crippen LogP contribution in [0, 0.1) is 5.82 Å². The van der Waals surface area contributed by atoms with E-state index in [-0.39, 0.29) is 6.42 Å². The summed E-state index contributed by atoms with van der Waals surface area (Å²) < 4.78 is 13.6. The molecule has 1 atom stereocenters. The third kappa shape index (κ3) is 5.35. The molecule has 6 heteroatoms. The van der Waals surface area contributed by atoms with Crippen molar-refractivity contribution in [2.45, 2.75) is 18.9 Å². The van der Waals surface area contributed by atoms with Crippen molar-refractivity contribution < 1.29 is 14.3 Å². The number of carboxylic acids is 1. The zero-order valence-electron chi connectivity index (χ0n) is 17.3. The quantitative estimate of drug-likeness (QED) is 0.415. The van der Waals surface area contributed by atoms with Gasteiger partial charge in [-0.1, -0.05) is 72.8 Å². The number of nitrogens with zero attached hydrogens (tertiary/aromatic N) is 2. The van der Waals surface area contributed by atoms with E-state index in [1.54, 1.807) is 18.3 Å². The maximum absolute atomic E-state index is 13.6. The van der Waals surface area contributed by atoms with Crippen LogP contribution in [0.5, 0.6) is 0 Å². The largest absolute Gasteiger partial charge is 0.480 e. The number of carboxylic acid groups (broad SMARTS) is 1. The van der Waals surface area contributed by atoms with Crippen molar-refractivity contribution in [2.24, 2.45) is 0 Å². The number of halogens is 1. The van der Waals surface area contributed by atoms with Crippen molar-refractivity contribution in [3.63, 3.8) is 0 Å². The molecule has 1 unspecified atom stereocenters. The van der Waals surface area contributed by atoms with E-state index in [1.165, 1.54) is 12.1 Å². The molecule has 5 nitrogen and oxygen atoms in total. The maximum atomic E-state index is 13.6. The summed E-state index contributed by atoms with van der Waals surface area (Å²) in [6, 6.07) is 24.5. The Hall–Kier alpha value is -4.06. The van der Waals surface area contributed by atoms with Crippen LogP contribution in [0.2, 0.25) is 0 Å². The fraction of sp³-hybridized carbons (Fsp3) is 0.115. The Bertz CT molecular complexity index is 1200. The summed E-state index contributed by atoms with van der Waals surface area (Å²) in [5.41, 5.74) is 3.90. The number of benzene rings is 3. The molecule has 0 bridgehead atoms. The van der Waals surface area contributed by atoms with Gasteiger partial charge in [0, 0.05) is 18.4 Å². The average molecular weight is 427 g/mol. The number of carbonyl (C=O) groups is 1. The van der Waals surface area contributed by atoms with Crippen molar-refractivity contribution in [3.05, 3.63) is 114 Å². The summed E-state index contributed by atoms with van der Waals surface area (Å²) in [5.74, 6) is -1.05. The van der Waals surface area contributed by atoms with Gasteiger partial charge in [-0.3, -0.25) is 0 Å². The molecule has 1 aromatic heterocycles. The molecule has 4 aromatic rings. The second kappa shape index (κ2) is 9.83. The lowest BCUT2D eigenvalue weighted by atomic mass is 10.0.